The van der Waals surface area contributed by atoms with Crippen LogP contribution < -0.4 is 20.5 Å². The summed E-state index contributed by atoms with van der Waals surface area (Å²) < 4.78 is 11.2. The molecule has 0 aliphatic carbocycles. The number of aryl methyl sites for hydroxylation is 1. The highest BCUT2D eigenvalue weighted by atomic mass is 35.5. The van der Waals surface area contributed by atoms with Crippen LogP contribution in [0.5, 0.6) is 11.5 Å². The van der Waals surface area contributed by atoms with E-state index in [1.165, 1.54) is 6.07 Å². The summed E-state index contributed by atoms with van der Waals surface area (Å²) in [6.45, 7) is 6.44. The number of benzene rings is 2. The fourth-order valence-corrected chi connectivity index (χ4v) is 2.86. The number of halogens is 1. The molecule has 0 unspecified atom stereocenters. The van der Waals surface area contributed by atoms with E-state index in [0.29, 0.717) is 36.0 Å². The molecule has 0 spiro atoms. The second-order valence-corrected chi connectivity index (χ2v) is 6.29. The Kier molecular flexibility index (Phi) is 7.07. The van der Waals surface area contributed by atoms with Crippen molar-refractivity contribution in [3.63, 3.8) is 0 Å². The van der Waals surface area contributed by atoms with Gasteiger partial charge in [-0.15, -0.1) is 0 Å². The van der Waals surface area contributed by atoms with Crippen LogP contribution in [0.15, 0.2) is 30.3 Å². The van der Waals surface area contributed by atoms with E-state index in [0.717, 1.165) is 6.42 Å². The van der Waals surface area contributed by atoms with Gasteiger partial charge in [0.1, 0.15) is 0 Å². The van der Waals surface area contributed by atoms with Crippen LogP contribution >= 0.6 is 11.6 Å². The number of nitrogens with one attached hydrogen (secondary N) is 1. The molecule has 2 amide bonds. The summed E-state index contributed by atoms with van der Waals surface area (Å²) in [5.41, 5.74) is 7.00. The van der Waals surface area contributed by atoms with Crippen LogP contribution in [0.25, 0.3) is 0 Å². The van der Waals surface area contributed by atoms with E-state index in [4.69, 9.17) is 26.8 Å². The first-order valence-corrected chi connectivity index (χ1v) is 9.06. The summed E-state index contributed by atoms with van der Waals surface area (Å²) >= 11 is 6.30. The first-order chi connectivity index (χ1) is 12.9. The van der Waals surface area contributed by atoms with Crippen LogP contribution in [0, 0.1) is 6.92 Å². The standard InChI is InChI=1S/C20H23ClN2O4/c1-4-9-27-18-14(21)10-13(11-16(18)26-5-2)20(25)23-15-8-6-7-12(3)17(15)19(22)24/h6-8,10-11H,4-5,9H2,1-3H3,(H2,22,24)(H,23,25). The number of primary amides is 1. The van der Waals surface area contributed by atoms with Crippen molar-refractivity contribution in [2.45, 2.75) is 27.2 Å². The minimum Gasteiger partial charge on any atom is -0.490 e. The fourth-order valence-electron chi connectivity index (χ4n) is 2.60. The van der Waals surface area contributed by atoms with E-state index in [-0.39, 0.29) is 16.1 Å². The molecule has 0 bridgehead atoms. The lowest BCUT2D eigenvalue weighted by atomic mass is 10.1. The second kappa shape index (κ2) is 9.28. The minimum absolute atomic E-state index is 0.268. The molecular formula is C20H23ClN2O4. The maximum absolute atomic E-state index is 12.7. The summed E-state index contributed by atoms with van der Waals surface area (Å²) in [5.74, 6) is -0.249. The molecule has 0 radical (unpaired) electrons. The first-order valence-electron chi connectivity index (χ1n) is 8.68. The van der Waals surface area contributed by atoms with E-state index in [1.807, 2.05) is 13.8 Å². The molecule has 0 aliphatic heterocycles. The largest absolute Gasteiger partial charge is 0.490 e. The number of hydrogen-bond donors (Lipinski definition) is 2. The first kappa shape index (κ1) is 20.6. The van der Waals surface area contributed by atoms with Gasteiger partial charge in [-0.1, -0.05) is 30.7 Å². The van der Waals surface area contributed by atoms with E-state index >= 15 is 0 Å². The average molecular weight is 391 g/mol. The molecule has 0 saturated heterocycles. The molecule has 0 aliphatic rings. The highest BCUT2D eigenvalue weighted by Gasteiger charge is 2.18. The molecule has 6 nitrogen and oxygen atoms in total. The Hall–Kier alpha value is -2.73. The predicted molar refractivity (Wildman–Crippen MR) is 106 cm³/mol. The third-order valence-electron chi connectivity index (χ3n) is 3.79. The van der Waals surface area contributed by atoms with Crippen LogP contribution in [-0.2, 0) is 0 Å². The number of carbonyl (C=O) groups is 2. The van der Waals surface area contributed by atoms with Crippen LogP contribution in [0.3, 0.4) is 0 Å². The van der Waals surface area contributed by atoms with Gasteiger partial charge in [-0.05, 0) is 44.0 Å². The van der Waals surface area contributed by atoms with E-state index in [1.54, 1.807) is 31.2 Å². The molecule has 144 valence electrons. The summed E-state index contributed by atoms with van der Waals surface area (Å²) in [5, 5.41) is 2.99. The van der Waals surface area contributed by atoms with E-state index in [9.17, 15) is 9.59 Å². The molecule has 7 heteroatoms. The zero-order chi connectivity index (χ0) is 20.0. The van der Waals surface area contributed by atoms with Gasteiger partial charge in [0.25, 0.3) is 11.8 Å². The molecule has 0 aromatic heterocycles. The third-order valence-corrected chi connectivity index (χ3v) is 4.07. The summed E-state index contributed by atoms with van der Waals surface area (Å²) in [4.78, 5) is 24.4. The van der Waals surface area contributed by atoms with E-state index < -0.39 is 11.8 Å². The van der Waals surface area contributed by atoms with Gasteiger partial charge in [0.2, 0.25) is 0 Å². The van der Waals surface area contributed by atoms with Gasteiger partial charge in [0.15, 0.2) is 11.5 Å². The molecule has 2 aromatic carbocycles. The van der Waals surface area contributed by atoms with Crippen molar-refractivity contribution in [2.24, 2.45) is 5.73 Å². The van der Waals surface area contributed by atoms with Gasteiger partial charge in [0, 0.05) is 5.56 Å². The Bertz CT molecular complexity index is 852. The Balaban J connectivity index is 2.37. The Labute approximate surface area is 163 Å². The summed E-state index contributed by atoms with van der Waals surface area (Å²) in [6.07, 6.45) is 0.813. The smallest absolute Gasteiger partial charge is 0.255 e. The number of nitrogens with two attached hydrogens (primary N) is 1. The summed E-state index contributed by atoms with van der Waals surface area (Å²) in [6, 6.07) is 8.17. The molecule has 0 heterocycles. The molecule has 2 rings (SSSR count). The van der Waals surface area contributed by atoms with Crippen molar-refractivity contribution in [3.8, 4) is 11.5 Å². The van der Waals surface area contributed by atoms with E-state index in [2.05, 4.69) is 5.32 Å². The lowest BCUT2D eigenvalue weighted by Gasteiger charge is -2.15. The number of anilines is 1. The monoisotopic (exact) mass is 390 g/mol. The van der Waals surface area contributed by atoms with Crippen LogP contribution in [0.1, 0.15) is 46.5 Å². The number of hydrogen-bond acceptors (Lipinski definition) is 4. The Morgan fingerprint density at radius 1 is 1.19 bits per heavy atom. The second-order valence-electron chi connectivity index (χ2n) is 5.88. The van der Waals surface area contributed by atoms with Crippen molar-refractivity contribution in [3.05, 3.63) is 52.0 Å². The maximum Gasteiger partial charge on any atom is 0.255 e. The lowest BCUT2D eigenvalue weighted by molar-refractivity contribution is 0.100. The average Bonchev–Trinajstić information content (AvgIpc) is 2.60. The van der Waals surface area contributed by atoms with Gasteiger partial charge in [-0.25, -0.2) is 0 Å². The van der Waals surface area contributed by atoms with Gasteiger partial charge in [0.05, 0.1) is 29.5 Å². The number of rotatable bonds is 8. The predicted octanol–water partition coefficient (Wildman–Crippen LogP) is 4.19. The van der Waals surface area contributed by atoms with Crippen LogP contribution in [0.2, 0.25) is 5.02 Å². The quantitative estimate of drug-likeness (QED) is 0.707. The molecule has 0 atom stereocenters. The fraction of sp³-hybridized carbons (Fsp3) is 0.300. The third kappa shape index (κ3) is 4.92. The maximum atomic E-state index is 12.7. The van der Waals surface area contributed by atoms with Crippen LogP contribution in [0.4, 0.5) is 5.69 Å². The minimum atomic E-state index is -0.611. The van der Waals surface area contributed by atoms with Gasteiger partial charge in [-0.2, -0.15) is 0 Å². The molecule has 0 fully saturated rings. The summed E-state index contributed by atoms with van der Waals surface area (Å²) in [7, 11) is 0. The number of ether oxygens (including phenoxy) is 2. The van der Waals surface area contributed by atoms with Crippen molar-refractivity contribution < 1.29 is 19.1 Å². The van der Waals surface area contributed by atoms with Crippen molar-refractivity contribution >= 4 is 29.1 Å². The zero-order valence-corrected chi connectivity index (χ0v) is 16.4. The van der Waals surface area contributed by atoms with Gasteiger partial charge >= 0.3 is 0 Å². The zero-order valence-electron chi connectivity index (χ0n) is 15.6. The van der Waals surface area contributed by atoms with Gasteiger partial charge in [-0.3, -0.25) is 9.59 Å². The molecule has 3 N–H and O–H groups in total. The van der Waals surface area contributed by atoms with Crippen LogP contribution in [-0.4, -0.2) is 25.0 Å². The van der Waals surface area contributed by atoms with Crippen molar-refractivity contribution in [1.82, 2.24) is 0 Å². The molecule has 2 aromatic rings. The number of amides is 2. The highest BCUT2D eigenvalue weighted by molar-refractivity contribution is 6.32. The topological polar surface area (TPSA) is 90.6 Å². The van der Waals surface area contributed by atoms with Crippen molar-refractivity contribution in [2.75, 3.05) is 18.5 Å². The number of carbonyl (C=O) groups excluding carboxylic acids is 2. The van der Waals surface area contributed by atoms with Gasteiger partial charge < -0.3 is 20.5 Å². The molecule has 27 heavy (non-hydrogen) atoms. The highest BCUT2D eigenvalue weighted by Crippen LogP contribution is 2.37. The molecular weight excluding hydrogens is 368 g/mol. The van der Waals surface area contributed by atoms with Crippen molar-refractivity contribution in [1.29, 1.82) is 0 Å². The molecule has 0 saturated carbocycles. The Morgan fingerprint density at radius 2 is 1.93 bits per heavy atom. The normalized spacial score (nSPS) is 10.4. The lowest BCUT2D eigenvalue weighted by Crippen LogP contribution is -2.19. The SMILES string of the molecule is CCCOc1c(Cl)cc(C(=O)Nc2cccc(C)c2C(N)=O)cc1OCC. The Morgan fingerprint density at radius 3 is 2.56 bits per heavy atom.